The molecule has 0 bridgehead atoms. The van der Waals surface area contributed by atoms with Gasteiger partial charge in [0.25, 0.3) is 5.91 Å². The van der Waals surface area contributed by atoms with Crippen LogP contribution in [0.15, 0.2) is 48.5 Å². The van der Waals surface area contributed by atoms with Gasteiger partial charge in [-0.05, 0) is 48.2 Å². The van der Waals surface area contributed by atoms with E-state index >= 15 is 0 Å². The van der Waals surface area contributed by atoms with E-state index in [4.69, 9.17) is 9.47 Å². The molecular weight excluding hydrogens is 302 g/mol. The Morgan fingerprint density at radius 3 is 2.75 bits per heavy atom. The topological polar surface area (TPSA) is 47.6 Å². The molecule has 2 aromatic rings. The van der Waals surface area contributed by atoms with E-state index in [1.54, 1.807) is 7.11 Å². The molecule has 1 saturated heterocycles. The Morgan fingerprint density at radius 2 is 2.00 bits per heavy atom. The van der Waals surface area contributed by atoms with Gasteiger partial charge in [0.05, 0.1) is 13.2 Å². The summed E-state index contributed by atoms with van der Waals surface area (Å²) in [6.45, 7) is 0.830. The van der Waals surface area contributed by atoms with Gasteiger partial charge in [0, 0.05) is 24.1 Å². The third-order valence-electron chi connectivity index (χ3n) is 5.13. The molecule has 4 rings (SSSR count). The van der Waals surface area contributed by atoms with Crippen LogP contribution in [0.25, 0.3) is 11.1 Å². The van der Waals surface area contributed by atoms with Gasteiger partial charge in [0.15, 0.2) is 0 Å². The Kier molecular flexibility index (Phi) is 3.98. The zero-order chi connectivity index (χ0) is 16.5. The number of hydrogen-bond acceptors (Lipinski definition) is 3. The Labute approximate surface area is 141 Å². The summed E-state index contributed by atoms with van der Waals surface area (Å²) in [5.41, 5.74) is 2.84. The maximum absolute atomic E-state index is 12.4. The standard InChI is InChI=1S/C20H21NO3/c1-23-16-4-2-3-15(11-16)13-5-7-14(8-6-13)20(22)21-18-12-19-17(18)9-10-24-19/h2-8,11,17-19H,9-10,12H2,1H3,(H,21,22)/t17-,18+,19+/m0/s1. The third kappa shape index (κ3) is 2.78. The molecule has 3 atom stereocenters. The zero-order valence-corrected chi connectivity index (χ0v) is 13.7. The number of benzene rings is 2. The molecule has 4 nitrogen and oxygen atoms in total. The van der Waals surface area contributed by atoms with E-state index in [9.17, 15) is 4.79 Å². The van der Waals surface area contributed by atoms with E-state index in [1.807, 2.05) is 48.5 Å². The van der Waals surface area contributed by atoms with Crippen molar-refractivity contribution in [3.05, 3.63) is 54.1 Å². The maximum atomic E-state index is 12.4. The van der Waals surface area contributed by atoms with Gasteiger partial charge in [-0.25, -0.2) is 0 Å². The lowest BCUT2D eigenvalue weighted by Crippen LogP contribution is -2.53. The lowest BCUT2D eigenvalue weighted by atomic mass is 9.76. The number of ether oxygens (including phenoxy) is 2. The fourth-order valence-electron chi connectivity index (χ4n) is 3.63. The summed E-state index contributed by atoms with van der Waals surface area (Å²) in [5.74, 6) is 1.33. The second kappa shape index (κ2) is 6.29. The van der Waals surface area contributed by atoms with Crippen LogP contribution in [0.2, 0.25) is 0 Å². The van der Waals surface area contributed by atoms with Crippen molar-refractivity contribution in [2.24, 2.45) is 5.92 Å². The zero-order valence-electron chi connectivity index (χ0n) is 13.7. The number of carbonyl (C=O) groups is 1. The molecule has 1 heterocycles. The Hall–Kier alpha value is -2.33. The number of fused-ring (bicyclic) bond motifs is 1. The van der Waals surface area contributed by atoms with E-state index < -0.39 is 0 Å². The van der Waals surface area contributed by atoms with Crippen LogP contribution in [-0.4, -0.2) is 31.8 Å². The van der Waals surface area contributed by atoms with Gasteiger partial charge in [-0.15, -0.1) is 0 Å². The largest absolute Gasteiger partial charge is 0.497 e. The molecule has 4 heteroatoms. The molecular formula is C20H21NO3. The van der Waals surface area contributed by atoms with Crippen LogP contribution < -0.4 is 10.1 Å². The molecule has 1 N–H and O–H groups in total. The number of carbonyl (C=O) groups excluding carboxylic acids is 1. The number of rotatable bonds is 4. The van der Waals surface area contributed by atoms with E-state index in [0.29, 0.717) is 17.6 Å². The smallest absolute Gasteiger partial charge is 0.251 e. The van der Waals surface area contributed by atoms with Gasteiger partial charge in [-0.1, -0.05) is 24.3 Å². The summed E-state index contributed by atoms with van der Waals surface area (Å²) in [7, 11) is 1.66. The van der Waals surface area contributed by atoms with Gasteiger partial charge in [0.2, 0.25) is 0 Å². The van der Waals surface area contributed by atoms with Crippen molar-refractivity contribution >= 4 is 5.91 Å². The van der Waals surface area contributed by atoms with Crippen LogP contribution in [-0.2, 0) is 4.74 Å². The van der Waals surface area contributed by atoms with Crippen molar-refractivity contribution in [1.82, 2.24) is 5.32 Å². The molecule has 1 saturated carbocycles. The van der Waals surface area contributed by atoms with Crippen LogP contribution in [0.5, 0.6) is 5.75 Å². The summed E-state index contributed by atoms with van der Waals surface area (Å²) in [4.78, 5) is 12.4. The van der Waals surface area contributed by atoms with Crippen molar-refractivity contribution in [1.29, 1.82) is 0 Å². The second-order valence-corrected chi connectivity index (χ2v) is 6.49. The highest BCUT2D eigenvalue weighted by atomic mass is 16.5. The highest BCUT2D eigenvalue weighted by molar-refractivity contribution is 5.95. The molecule has 2 aromatic carbocycles. The molecule has 1 aliphatic heterocycles. The summed E-state index contributed by atoms with van der Waals surface area (Å²) < 4.78 is 10.9. The minimum absolute atomic E-state index is 0.00235. The van der Waals surface area contributed by atoms with Crippen LogP contribution in [0.1, 0.15) is 23.2 Å². The fourth-order valence-corrected chi connectivity index (χ4v) is 3.63. The number of methoxy groups -OCH3 is 1. The highest BCUT2D eigenvalue weighted by Crippen LogP contribution is 2.38. The first-order valence-corrected chi connectivity index (χ1v) is 8.41. The molecule has 124 valence electrons. The molecule has 1 aliphatic carbocycles. The van der Waals surface area contributed by atoms with Crippen LogP contribution in [0.3, 0.4) is 0 Å². The first kappa shape index (κ1) is 15.2. The summed E-state index contributed by atoms with van der Waals surface area (Å²) >= 11 is 0. The molecule has 0 spiro atoms. The number of nitrogens with one attached hydrogen (secondary N) is 1. The lowest BCUT2D eigenvalue weighted by Gasteiger charge is -2.39. The third-order valence-corrected chi connectivity index (χ3v) is 5.13. The van der Waals surface area contributed by atoms with Crippen molar-refractivity contribution in [3.8, 4) is 16.9 Å². The molecule has 0 radical (unpaired) electrons. The van der Waals surface area contributed by atoms with E-state index in [1.165, 1.54) is 0 Å². The first-order chi connectivity index (χ1) is 11.7. The minimum atomic E-state index is 0.00235. The molecule has 0 unspecified atom stereocenters. The molecule has 1 amide bonds. The maximum Gasteiger partial charge on any atom is 0.251 e. The van der Waals surface area contributed by atoms with Crippen LogP contribution >= 0.6 is 0 Å². The summed E-state index contributed by atoms with van der Waals surface area (Å²) in [6, 6.07) is 15.9. The van der Waals surface area contributed by atoms with Crippen LogP contribution in [0.4, 0.5) is 0 Å². The summed E-state index contributed by atoms with van der Waals surface area (Å²) in [6.07, 6.45) is 2.37. The summed E-state index contributed by atoms with van der Waals surface area (Å²) in [5, 5.41) is 3.14. The Balaban J connectivity index is 1.44. The Morgan fingerprint density at radius 1 is 1.17 bits per heavy atom. The van der Waals surface area contributed by atoms with E-state index in [0.717, 1.165) is 36.3 Å². The van der Waals surface area contributed by atoms with Gasteiger partial charge in [0.1, 0.15) is 5.75 Å². The average molecular weight is 323 g/mol. The SMILES string of the molecule is COc1cccc(-c2ccc(C(=O)N[C@@H]3C[C@H]4OCC[C@@H]34)cc2)c1. The lowest BCUT2D eigenvalue weighted by molar-refractivity contribution is 0.00810. The van der Waals surface area contributed by atoms with Crippen LogP contribution in [0, 0.1) is 5.92 Å². The first-order valence-electron chi connectivity index (χ1n) is 8.41. The van der Waals surface area contributed by atoms with Crippen molar-refractivity contribution < 1.29 is 14.3 Å². The normalized spacial score (nSPS) is 24.8. The van der Waals surface area contributed by atoms with Gasteiger partial charge in [-0.2, -0.15) is 0 Å². The number of hydrogen-bond donors (Lipinski definition) is 1. The van der Waals surface area contributed by atoms with E-state index in [2.05, 4.69) is 5.32 Å². The van der Waals surface area contributed by atoms with Gasteiger partial charge < -0.3 is 14.8 Å². The van der Waals surface area contributed by atoms with Crippen molar-refractivity contribution in [3.63, 3.8) is 0 Å². The average Bonchev–Trinajstić information content (AvgIpc) is 3.00. The Bertz CT molecular complexity index is 741. The van der Waals surface area contributed by atoms with Crippen molar-refractivity contribution in [2.75, 3.05) is 13.7 Å². The molecule has 2 aliphatic rings. The fraction of sp³-hybridized carbons (Fsp3) is 0.350. The second-order valence-electron chi connectivity index (χ2n) is 6.49. The number of amides is 1. The van der Waals surface area contributed by atoms with Crippen molar-refractivity contribution in [2.45, 2.75) is 25.0 Å². The minimum Gasteiger partial charge on any atom is -0.497 e. The molecule has 24 heavy (non-hydrogen) atoms. The van der Waals surface area contributed by atoms with Gasteiger partial charge >= 0.3 is 0 Å². The van der Waals surface area contributed by atoms with Gasteiger partial charge in [-0.3, -0.25) is 4.79 Å². The monoisotopic (exact) mass is 323 g/mol. The predicted molar refractivity (Wildman–Crippen MR) is 92.1 cm³/mol. The highest BCUT2D eigenvalue weighted by Gasteiger charge is 2.45. The molecule has 2 fully saturated rings. The predicted octanol–water partition coefficient (Wildman–Crippen LogP) is 3.27. The molecule has 0 aromatic heterocycles. The quantitative estimate of drug-likeness (QED) is 0.939. The van der Waals surface area contributed by atoms with E-state index in [-0.39, 0.29) is 11.9 Å².